The molecule has 3 unspecified atom stereocenters. The van der Waals surface area contributed by atoms with E-state index in [-0.39, 0.29) is 12.5 Å². The first kappa shape index (κ1) is 26.5. The Morgan fingerprint density at radius 3 is 2.54 bits per heavy atom. The van der Waals surface area contributed by atoms with Crippen molar-refractivity contribution in [1.29, 1.82) is 5.26 Å². The quantitative estimate of drug-likeness (QED) is 0.203. The van der Waals surface area contributed by atoms with E-state index in [0.29, 0.717) is 19.1 Å². The predicted octanol–water partition coefficient (Wildman–Crippen LogP) is 5.85. The lowest BCUT2D eigenvalue weighted by Crippen LogP contribution is -2.34. The molecule has 0 fully saturated rings. The Balaban J connectivity index is 1.18. The van der Waals surface area contributed by atoms with Crippen LogP contribution in [-0.4, -0.2) is 42.5 Å². The van der Waals surface area contributed by atoms with Gasteiger partial charge in [0.15, 0.2) is 0 Å². The number of nitriles is 1. The lowest BCUT2D eigenvalue weighted by molar-refractivity contribution is 0.106. The lowest BCUT2D eigenvalue weighted by atomic mass is 10.0. The molecule has 4 rings (SSSR count). The summed E-state index contributed by atoms with van der Waals surface area (Å²) in [5.41, 5.74) is 3.36. The topological polar surface area (TPSA) is 90.3 Å². The van der Waals surface area contributed by atoms with Gasteiger partial charge in [0.2, 0.25) is 0 Å². The molecule has 0 saturated carbocycles. The lowest BCUT2D eigenvalue weighted by Gasteiger charge is -2.17. The van der Waals surface area contributed by atoms with Crippen LogP contribution in [0.1, 0.15) is 32.3 Å². The molecule has 4 aromatic rings. The molecule has 3 aromatic carbocycles. The number of rotatable bonds is 14. The Bertz CT molecular complexity index is 1310. The molecule has 0 aliphatic heterocycles. The third-order valence-corrected chi connectivity index (χ3v) is 6.71. The van der Waals surface area contributed by atoms with Gasteiger partial charge in [-0.25, -0.2) is 0 Å². The van der Waals surface area contributed by atoms with Crippen molar-refractivity contribution in [3.63, 3.8) is 0 Å². The minimum absolute atomic E-state index is 0.0616. The van der Waals surface area contributed by atoms with Crippen molar-refractivity contribution in [1.82, 2.24) is 10.3 Å². The minimum Gasteiger partial charge on any atom is -0.494 e. The van der Waals surface area contributed by atoms with E-state index in [1.807, 2.05) is 49.4 Å². The number of aromatic nitrogens is 1. The van der Waals surface area contributed by atoms with Crippen molar-refractivity contribution in [2.45, 2.75) is 39.2 Å². The SMILES string of the molecule is CCC(C#N)CCOc1ccc(CC(C)CNCC(O)COc2cccc3[nH]c4ccccc4c23)cc1. The van der Waals surface area contributed by atoms with Gasteiger partial charge in [0, 0.05) is 28.8 Å². The van der Waals surface area contributed by atoms with Gasteiger partial charge in [-0.05, 0) is 67.6 Å². The van der Waals surface area contributed by atoms with Gasteiger partial charge in [-0.15, -0.1) is 0 Å². The molecule has 0 spiro atoms. The van der Waals surface area contributed by atoms with E-state index >= 15 is 0 Å². The second-order valence-electron chi connectivity index (χ2n) is 9.80. The van der Waals surface area contributed by atoms with Crippen LogP contribution in [0.4, 0.5) is 0 Å². The molecule has 6 nitrogen and oxygen atoms in total. The standard InChI is InChI=1S/C31H37N3O3/c1-3-23(18-32)15-16-36-26-13-11-24(12-14-26)17-22(2)19-33-20-25(35)21-37-30-10-6-9-29-31(30)27-7-4-5-8-28(27)34-29/h4-14,22-23,25,33-35H,3,15-17,19-21H2,1-2H3. The second kappa shape index (κ2) is 13.1. The van der Waals surface area contributed by atoms with E-state index in [1.54, 1.807) is 0 Å². The van der Waals surface area contributed by atoms with Crippen LogP contribution in [0, 0.1) is 23.2 Å². The molecule has 1 aromatic heterocycles. The molecule has 37 heavy (non-hydrogen) atoms. The molecule has 0 aliphatic carbocycles. The highest BCUT2D eigenvalue weighted by Gasteiger charge is 2.12. The van der Waals surface area contributed by atoms with Gasteiger partial charge in [-0.2, -0.15) is 5.26 Å². The number of H-pyrrole nitrogens is 1. The largest absolute Gasteiger partial charge is 0.494 e. The van der Waals surface area contributed by atoms with Crippen molar-refractivity contribution in [3.8, 4) is 17.6 Å². The normalized spacial score (nSPS) is 13.8. The molecule has 3 atom stereocenters. The van der Waals surface area contributed by atoms with Gasteiger partial charge in [0.25, 0.3) is 0 Å². The number of nitrogens with zero attached hydrogens (tertiary/aromatic N) is 1. The zero-order valence-electron chi connectivity index (χ0n) is 21.7. The highest BCUT2D eigenvalue weighted by Crippen LogP contribution is 2.33. The van der Waals surface area contributed by atoms with Gasteiger partial charge in [0.05, 0.1) is 18.2 Å². The first-order chi connectivity index (χ1) is 18.1. The zero-order chi connectivity index (χ0) is 26.0. The van der Waals surface area contributed by atoms with Gasteiger partial charge in [-0.1, -0.05) is 50.2 Å². The summed E-state index contributed by atoms with van der Waals surface area (Å²) in [5.74, 6) is 2.10. The first-order valence-corrected chi connectivity index (χ1v) is 13.2. The van der Waals surface area contributed by atoms with Crippen LogP contribution in [-0.2, 0) is 6.42 Å². The summed E-state index contributed by atoms with van der Waals surface area (Å²) < 4.78 is 11.8. The Hall–Kier alpha value is -3.53. The fourth-order valence-electron chi connectivity index (χ4n) is 4.61. The number of fused-ring (bicyclic) bond motifs is 3. The summed E-state index contributed by atoms with van der Waals surface area (Å²) in [6.07, 6.45) is 1.95. The molecule has 0 bridgehead atoms. The van der Waals surface area contributed by atoms with Crippen LogP contribution in [0.5, 0.6) is 11.5 Å². The Labute approximate surface area is 219 Å². The van der Waals surface area contributed by atoms with Crippen LogP contribution in [0.15, 0.2) is 66.7 Å². The van der Waals surface area contributed by atoms with Crippen molar-refractivity contribution in [2.24, 2.45) is 11.8 Å². The number of para-hydroxylation sites is 1. The summed E-state index contributed by atoms with van der Waals surface area (Å²) in [6, 6.07) is 24.6. The number of aromatic amines is 1. The van der Waals surface area contributed by atoms with E-state index in [2.05, 4.69) is 47.6 Å². The molecule has 0 radical (unpaired) electrons. The third kappa shape index (κ3) is 7.25. The molecule has 0 amide bonds. The van der Waals surface area contributed by atoms with Gasteiger partial charge in [0.1, 0.15) is 24.2 Å². The van der Waals surface area contributed by atoms with Crippen LogP contribution in [0.25, 0.3) is 21.8 Å². The van der Waals surface area contributed by atoms with Crippen LogP contribution >= 0.6 is 0 Å². The number of ether oxygens (including phenoxy) is 2. The Morgan fingerprint density at radius 1 is 0.973 bits per heavy atom. The Kier molecular flexibility index (Phi) is 9.42. The van der Waals surface area contributed by atoms with Crippen molar-refractivity contribution >= 4 is 21.8 Å². The highest BCUT2D eigenvalue weighted by atomic mass is 16.5. The molecular formula is C31H37N3O3. The van der Waals surface area contributed by atoms with E-state index < -0.39 is 6.10 Å². The fourth-order valence-corrected chi connectivity index (χ4v) is 4.61. The number of aliphatic hydroxyl groups is 1. The maximum absolute atomic E-state index is 10.5. The van der Waals surface area contributed by atoms with E-state index in [4.69, 9.17) is 14.7 Å². The molecule has 3 N–H and O–H groups in total. The summed E-state index contributed by atoms with van der Waals surface area (Å²) in [5, 5.41) is 25.1. The molecule has 194 valence electrons. The maximum Gasteiger partial charge on any atom is 0.129 e. The minimum atomic E-state index is -0.600. The van der Waals surface area contributed by atoms with Crippen LogP contribution in [0.2, 0.25) is 0 Å². The van der Waals surface area contributed by atoms with Crippen molar-refractivity contribution < 1.29 is 14.6 Å². The van der Waals surface area contributed by atoms with E-state index in [9.17, 15) is 5.11 Å². The number of aliphatic hydroxyl groups excluding tert-OH is 1. The first-order valence-electron chi connectivity index (χ1n) is 13.2. The van der Waals surface area contributed by atoms with E-state index in [0.717, 1.165) is 59.1 Å². The predicted molar refractivity (Wildman–Crippen MR) is 149 cm³/mol. The van der Waals surface area contributed by atoms with Crippen LogP contribution < -0.4 is 14.8 Å². The van der Waals surface area contributed by atoms with Crippen molar-refractivity contribution in [3.05, 3.63) is 72.3 Å². The van der Waals surface area contributed by atoms with Crippen molar-refractivity contribution in [2.75, 3.05) is 26.3 Å². The smallest absolute Gasteiger partial charge is 0.129 e. The summed E-state index contributed by atoms with van der Waals surface area (Å²) in [4.78, 5) is 3.42. The monoisotopic (exact) mass is 499 g/mol. The molecular weight excluding hydrogens is 462 g/mol. The van der Waals surface area contributed by atoms with Gasteiger partial charge in [-0.3, -0.25) is 0 Å². The zero-order valence-corrected chi connectivity index (χ0v) is 21.7. The molecule has 0 saturated heterocycles. The summed E-state index contributed by atoms with van der Waals surface area (Å²) >= 11 is 0. The molecule has 1 heterocycles. The second-order valence-corrected chi connectivity index (χ2v) is 9.80. The molecule has 0 aliphatic rings. The summed E-state index contributed by atoms with van der Waals surface area (Å²) in [7, 11) is 0. The Morgan fingerprint density at radius 2 is 1.76 bits per heavy atom. The number of hydrogen-bond donors (Lipinski definition) is 3. The van der Waals surface area contributed by atoms with E-state index in [1.165, 1.54) is 5.56 Å². The highest BCUT2D eigenvalue weighted by molar-refractivity contribution is 6.10. The van der Waals surface area contributed by atoms with Gasteiger partial charge < -0.3 is 24.9 Å². The average Bonchev–Trinajstić information content (AvgIpc) is 3.30. The van der Waals surface area contributed by atoms with Gasteiger partial charge >= 0.3 is 0 Å². The molecule has 6 heteroatoms. The maximum atomic E-state index is 10.5. The fraction of sp³-hybridized carbons (Fsp3) is 0.387. The number of nitrogens with one attached hydrogen (secondary N) is 2. The number of hydrogen-bond acceptors (Lipinski definition) is 5. The third-order valence-electron chi connectivity index (χ3n) is 6.71. The summed E-state index contributed by atoms with van der Waals surface area (Å²) in [6.45, 7) is 6.30. The van der Waals surface area contributed by atoms with Crippen LogP contribution in [0.3, 0.4) is 0 Å². The number of benzene rings is 3. The average molecular weight is 500 g/mol.